The Balaban J connectivity index is 1.48. The van der Waals surface area contributed by atoms with Crippen LogP contribution in [0.3, 0.4) is 0 Å². The smallest absolute Gasteiger partial charge is 0.259 e. The number of hydrogen-bond donors (Lipinski definition) is 2. The number of hydrogen-bond acceptors (Lipinski definition) is 6. The average molecular weight is 701 g/mol. The van der Waals surface area contributed by atoms with Crippen LogP contribution in [0.2, 0.25) is 0 Å². The highest BCUT2D eigenvalue weighted by molar-refractivity contribution is 8.19. The summed E-state index contributed by atoms with van der Waals surface area (Å²) in [5, 5.41) is 24.0. The van der Waals surface area contributed by atoms with Crippen LogP contribution in [0, 0.1) is 0 Å². The van der Waals surface area contributed by atoms with E-state index in [2.05, 4.69) is 47.4 Å². The number of rotatable bonds is 24. The molecule has 2 N–H and O–H groups in total. The second-order valence-corrected chi connectivity index (χ2v) is 14.9. The summed E-state index contributed by atoms with van der Waals surface area (Å²) in [6, 6.07) is 15.6. The quantitative estimate of drug-likeness (QED) is 0.0648. The fourth-order valence-electron chi connectivity index (χ4n) is 6.84. The van der Waals surface area contributed by atoms with E-state index in [1.165, 1.54) is 102 Å². The summed E-state index contributed by atoms with van der Waals surface area (Å²) in [5.41, 5.74) is 2.71. The van der Waals surface area contributed by atoms with E-state index in [1.807, 2.05) is 30.5 Å². The first-order valence-electron chi connectivity index (χ1n) is 19.7. The third-order valence-corrected chi connectivity index (χ3v) is 11.0. The van der Waals surface area contributed by atoms with Crippen molar-refractivity contribution in [3.63, 3.8) is 0 Å². The summed E-state index contributed by atoms with van der Waals surface area (Å²) in [6.07, 6.45) is 24.1. The molecule has 0 atom stereocenters. The number of aliphatic hydroxyl groups is 1. The lowest BCUT2D eigenvalue weighted by molar-refractivity contribution is -0.524. The van der Waals surface area contributed by atoms with Crippen LogP contribution in [-0.4, -0.2) is 51.5 Å². The molecule has 0 aromatic heterocycles. The Morgan fingerprint density at radius 3 is 1.78 bits per heavy atom. The molecular weight excluding hydrogens is 639 g/mol. The van der Waals surface area contributed by atoms with Crippen molar-refractivity contribution in [2.24, 2.45) is 4.99 Å². The van der Waals surface area contributed by atoms with Gasteiger partial charge in [-0.25, -0.2) is 9.57 Å². The molecule has 0 saturated carbocycles. The van der Waals surface area contributed by atoms with Crippen molar-refractivity contribution in [3.05, 3.63) is 70.5 Å². The van der Waals surface area contributed by atoms with Crippen LogP contribution in [0.15, 0.2) is 69.9 Å². The van der Waals surface area contributed by atoms with Gasteiger partial charge in [-0.15, -0.1) is 0 Å². The Labute approximate surface area is 306 Å². The molecular formula is C43H62N3O3S+. The number of aliphatic imine (C=N–C) groups is 1. The normalized spacial score (nSPS) is 15.7. The van der Waals surface area contributed by atoms with E-state index in [1.54, 1.807) is 12.1 Å². The molecule has 0 spiro atoms. The molecule has 0 amide bonds. The number of thioether (sulfide) groups is 1. The van der Waals surface area contributed by atoms with Gasteiger partial charge < -0.3 is 15.1 Å². The number of phenolic OH excluding ortho intramolecular Hbond substituents is 1. The largest absolute Gasteiger partial charge is 0.507 e. The molecule has 2 aliphatic rings. The van der Waals surface area contributed by atoms with Gasteiger partial charge in [0.1, 0.15) is 35.8 Å². The van der Waals surface area contributed by atoms with Gasteiger partial charge in [-0.05, 0) is 43.5 Å². The maximum absolute atomic E-state index is 13.6. The second-order valence-electron chi connectivity index (χ2n) is 13.9. The van der Waals surface area contributed by atoms with E-state index in [9.17, 15) is 15.0 Å². The number of unbranched alkanes of at least 4 members (excludes halogenated alkanes) is 15. The Kier molecular flexibility index (Phi) is 17.2. The topological polar surface area (TPSA) is 76.1 Å². The molecule has 0 fully saturated rings. The standard InChI is InChI=1S/C43H61N3O3S/c1-4-7-10-13-16-22-29-45(30-23-17-14-11-8-5-2)38-33-44-43(50-38)40-41(48)39(42(40)49)36-28-27-35(32-37(36)47)46(34-25-20-19-21-26-34)31-24-18-15-12-9-6-3/h19-21,25-28,32-33H,4-18,22-24,29-31H2,1-3H3,(H,44,48,49)/p+1. The molecule has 1 aliphatic heterocycles. The number of carbonyl (C=O) groups is 1. The Morgan fingerprint density at radius 1 is 0.660 bits per heavy atom. The van der Waals surface area contributed by atoms with Gasteiger partial charge >= 0.3 is 0 Å². The summed E-state index contributed by atoms with van der Waals surface area (Å²) in [6.45, 7) is 9.54. The highest BCUT2D eigenvalue weighted by Crippen LogP contribution is 2.45. The molecule has 1 heterocycles. The van der Waals surface area contributed by atoms with Crippen molar-refractivity contribution in [2.45, 2.75) is 136 Å². The summed E-state index contributed by atoms with van der Waals surface area (Å²) in [5.74, 6) is -0.356. The van der Waals surface area contributed by atoms with Gasteiger partial charge in [-0.1, -0.05) is 122 Å². The van der Waals surface area contributed by atoms with Crippen LogP contribution >= 0.6 is 11.8 Å². The van der Waals surface area contributed by atoms with Crippen LogP contribution < -0.4 is 4.90 Å². The number of aromatic hydroxyl groups is 1. The zero-order chi connectivity index (χ0) is 35.6. The number of ketones is 1. The van der Waals surface area contributed by atoms with E-state index < -0.39 is 0 Å². The number of carbonyl (C=O) groups excluding carboxylic acids is 1. The summed E-state index contributed by atoms with van der Waals surface area (Å²) >= 11 is 1.49. The van der Waals surface area contributed by atoms with Crippen LogP contribution in [0.1, 0.15) is 142 Å². The van der Waals surface area contributed by atoms with Crippen molar-refractivity contribution in [2.75, 3.05) is 24.5 Å². The van der Waals surface area contributed by atoms with Gasteiger partial charge in [0.05, 0.1) is 11.1 Å². The zero-order valence-electron chi connectivity index (χ0n) is 31.1. The number of phenols is 1. The number of nitrogens with zero attached hydrogens (tertiary/aromatic N) is 3. The van der Waals surface area contributed by atoms with Crippen molar-refractivity contribution in [1.82, 2.24) is 0 Å². The number of benzene rings is 2. The lowest BCUT2D eigenvalue weighted by Crippen LogP contribution is -2.23. The van der Waals surface area contributed by atoms with Crippen molar-refractivity contribution >= 4 is 45.8 Å². The summed E-state index contributed by atoms with van der Waals surface area (Å²) in [7, 11) is 0. The number of anilines is 2. The van der Waals surface area contributed by atoms with Crippen molar-refractivity contribution < 1.29 is 19.6 Å². The van der Waals surface area contributed by atoms with Crippen LogP contribution in [-0.2, 0) is 4.79 Å². The number of aliphatic hydroxyl groups excluding tert-OH is 1. The van der Waals surface area contributed by atoms with Gasteiger partial charge in [0.25, 0.3) is 5.04 Å². The van der Waals surface area contributed by atoms with Gasteiger partial charge in [0.15, 0.2) is 0 Å². The van der Waals surface area contributed by atoms with E-state index in [-0.39, 0.29) is 28.4 Å². The van der Waals surface area contributed by atoms with Crippen molar-refractivity contribution in [3.8, 4) is 5.75 Å². The molecule has 2 aromatic carbocycles. The van der Waals surface area contributed by atoms with Gasteiger partial charge in [-0.2, -0.15) is 0 Å². The molecule has 272 valence electrons. The Hall–Kier alpha value is -3.32. The van der Waals surface area contributed by atoms with Crippen molar-refractivity contribution in [1.29, 1.82) is 0 Å². The van der Waals surface area contributed by atoms with E-state index in [0.717, 1.165) is 61.7 Å². The molecule has 7 heteroatoms. The van der Waals surface area contributed by atoms with Crippen LogP contribution in [0.25, 0.3) is 5.57 Å². The highest BCUT2D eigenvalue weighted by Gasteiger charge is 2.41. The molecule has 0 saturated heterocycles. The molecule has 2 aromatic rings. The lowest BCUT2D eigenvalue weighted by Gasteiger charge is -2.27. The summed E-state index contributed by atoms with van der Waals surface area (Å²) in [4.78, 5) is 20.4. The first-order chi connectivity index (χ1) is 24.5. The fourth-order valence-corrected chi connectivity index (χ4v) is 7.85. The van der Waals surface area contributed by atoms with E-state index in [4.69, 9.17) is 0 Å². The molecule has 0 unspecified atom stereocenters. The molecule has 4 rings (SSSR count). The number of allylic oxidation sites excluding steroid dienone is 2. The molecule has 50 heavy (non-hydrogen) atoms. The SMILES string of the molecule is CCCCCCCCN(c1ccccc1)c1ccc(C2=C(O)/C(=C3\N=CC(=[N+](CCCCCCCC)CCCCCCCC)S3)C2=O)c(O)c1. The number of para-hydroxylation sites is 1. The zero-order valence-corrected chi connectivity index (χ0v) is 31.9. The first-order valence-corrected chi connectivity index (χ1v) is 20.5. The number of Topliss-reactive ketones (excluding diaryl/α,β-unsaturated/α-hetero) is 1. The maximum Gasteiger partial charge on any atom is 0.259 e. The molecule has 0 radical (unpaired) electrons. The van der Waals surface area contributed by atoms with E-state index >= 15 is 0 Å². The minimum atomic E-state index is -0.267. The first kappa shape index (κ1) is 39.5. The van der Waals surface area contributed by atoms with Gasteiger partial charge in [-0.3, -0.25) is 4.79 Å². The Morgan fingerprint density at radius 2 is 1.22 bits per heavy atom. The molecule has 1 aliphatic carbocycles. The third kappa shape index (κ3) is 11.3. The molecule has 0 bridgehead atoms. The van der Waals surface area contributed by atoms with Crippen LogP contribution in [0.4, 0.5) is 11.4 Å². The third-order valence-electron chi connectivity index (χ3n) is 9.88. The maximum atomic E-state index is 13.6. The minimum Gasteiger partial charge on any atom is -0.507 e. The second kappa shape index (κ2) is 21.8. The Bertz CT molecular complexity index is 1480. The molecule has 6 nitrogen and oxygen atoms in total. The van der Waals surface area contributed by atoms with Gasteiger partial charge in [0.2, 0.25) is 5.78 Å². The monoisotopic (exact) mass is 700 g/mol. The minimum absolute atomic E-state index is 0.01000. The average Bonchev–Trinajstić information content (AvgIpc) is 3.60. The fraction of sp³-hybridized carbons (Fsp3) is 0.558. The predicted molar refractivity (Wildman–Crippen MR) is 214 cm³/mol. The predicted octanol–water partition coefficient (Wildman–Crippen LogP) is 11.9. The van der Waals surface area contributed by atoms with Crippen LogP contribution in [0.5, 0.6) is 5.75 Å². The summed E-state index contributed by atoms with van der Waals surface area (Å²) < 4.78 is 2.43. The lowest BCUT2D eigenvalue weighted by atomic mass is 9.83. The van der Waals surface area contributed by atoms with Gasteiger partial charge in [0, 0.05) is 54.2 Å². The van der Waals surface area contributed by atoms with E-state index in [0.29, 0.717) is 10.6 Å². The highest BCUT2D eigenvalue weighted by atomic mass is 32.2.